The highest BCUT2D eigenvalue weighted by Crippen LogP contribution is 2.16. The third-order valence-corrected chi connectivity index (χ3v) is 2.61. The van der Waals surface area contributed by atoms with E-state index in [0.29, 0.717) is 6.61 Å². The highest BCUT2D eigenvalue weighted by molar-refractivity contribution is 9.10. The van der Waals surface area contributed by atoms with Crippen molar-refractivity contribution >= 4 is 33.8 Å². The molecule has 0 aromatic heterocycles. The third kappa shape index (κ3) is 6.22. The molecule has 0 aliphatic heterocycles. The van der Waals surface area contributed by atoms with Crippen LogP contribution < -0.4 is 0 Å². The number of benzene rings is 1. The van der Waals surface area contributed by atoms with E-state index >= 15 is 0 Å². The first-order chi connectivity index (χ1) is 8.22. The first-order valence-electron chi connectivity index (χ1n) is 5.66. The van der Waals surface area contributed by atoms with Crippen molar-refractivity contribution in [3.63, 3.8) is 0 Å². The Morgan fingerprint density at radius 1 is 1.41 bits per heavy atom. The molecule has 0 N–H and O–H groups in total. The summed E-state index contributed by atoms with van der Waals surface area (Å²) in [4.78, 5) is 15.4. The van der Waals surface area contributed by atoms with Gasteiger partial charge >= 0.3 is 5.97 Å². The van der Waals surface area contributed by atoms with Crippen LogP contribution in [0.2, 0.25) is 0 Å². The summed E-state index contributed by atoms with van der Waals surface area (Å²) in [7, 11) is 0. The molecule has 0 spiro atoms. The molecule has 0 radical (unpaired) electrons. The van der Waals surface area contributed by atoms with Gasteiger partial charge in [0.05, 0.1) is 18.7 Å². The lowest BCUT2D eigenvalue weighted by atomic mass is 10.3. The molecule has 1 rings (SSSR count). The summed E-state index contributed by atoms with van der Waals surface area (Å²) in [5.41, 5.74) is 0.828. The molecule has 0 amide bonds. The number of esters is 1. The molecule has 0 atom stereocenters. The number of hydrogen-bond donors (Lipinski definition) is 0. The van der Waals surface area contributed by atoms with E-state index in [0.717, 1.165) is 23.0 Å². The minimum Gasteiger partial charge on any atom is -0.465 e. The number of hydrogen-bond acceptors (Lipinski definition) is 3. The predicted molar refractivity (Wildman–Crippen MR) is 72.8 cm³/mol. The molecule has 4 heteroatoms. The van der Waals surface area contributed by atoms with Gasteiger partial charge in [0.1, 0.15) is 0 Å². The summed E-state index contributed by atoms with van der Waals surface area (Å²) in [6.45, 7) is 2.56. The Morgan fingerprint density at radius 2 is 2.12 bits per heavy atom. The van der Waals surface area contributed by atoms with Crippen LogP contribution in [-0.4, -0.2) is 18.8 Å². The van der Waals surface area contributed by atoms with Crippen molar-refractivity contribution in [3.8, 4) is 0 Å². The lowest BCUT2D eigenvalue weighted by Gasteiger charge is -2.00. The second-order valence-electron chi connectivity index (χ2n) is 3.57. The van der Waals surface area contributed by atoms with Crippen LogP contribution in [0.1, 0.15) is 26.2 Å². The summed E-state index contributed by atoms with van der Waals surface area (Å²) in [6, 6.07) is 7.57. The number of aliphatic imine (C=N–C) groups is 1. The predicted octanol–water partition coefficient (Wildman–Crippen LogP) is 3.88. The zero-order valence-corrected chi connectivity index (χ0v) is 11.4. The van der Waals surface area contributed by atoms with E-state index in [9.17, 15) is 4.79 Å². The van der Waals surface area contributed by atoms with Crippen LogP contribution in [0.4, 0.5) is 5.69 Å². The number of carbonyl (C=O) groups excluding carboxylic acids is 1. The molecule has 0 aliphatic carbocycles. The van der Waals surface area contributed by atoms with Gasteiger partial charge in [0, 0.05) is 10.7 Å². The van der Waals surface area contributed by atoms with Crippen LogP contribution in [0.3, 0.4) is 0 Å². The standard InChI is InChI=1S/C13H16BrNO2/c1-2-3-10-17-13(16)8-9-15-12-6-4-11(14)5-7-12/h4-7,9H,2-3,8,10H2,1H3. The average Bonchev–Trinajstić information content (AvgIpc) is 2.32. The van der Waals surface area contributed by atoms with Crippen LogP contribution in [-0.2, 0) is 9.53 Å². The Labute approximate surface area is 110 Å². The minimum atomic E-state index is -0.223. The molecular weight excluding hydrogens is 282 g/mol. The Morgan fingerprint density at radius 3 is 2.76 bits per heavy atom. The Bertz CT molecular complexity index is 374. The lowest BCUT2D eigenvalue weighted by molar-refractivity contribution is -0.142. The van der Waals surface area contributed by atoms with E-state index in [4.69, 9.17) is 4.74 Å². The van der Waals surface area contributed by atoms with Crippen LogP contribution in [0.15, 0.2) is 33.7 Å². The van der Waals surface area contributed by atoms with Gasteiger partial charge in [0.2, 0.25) is 0 Å². The molecule has 1 aromatic carbocycles. The molecule has 0 saturated heterocycles. The second-order valence-corrected chi connectivity index (χ2v) is 4.48. The fourth-order valence-corrected chi connectivity index (χ4v) is 1.41. The van der Waals surface area contributed by atoms with Gasteiger partial charge in [-0.2, -0.15) is 0 Å². The minimum absolute atomic E-state index is 0.222. The van der Waals surface area contributed by atoms with E-state index in [2.05, 4.69) is 27.8 Å². The Balaban J connectivity index is 2.29. The molecule has 92 valence electrons. The lowest BCUT2D eigenvalue weighted by Crippen LogP contribution is -2.05. The molecule has 3 nitrogen and oxygen atoms in total. The van der Waals surface area contributed by atoms with Crippen molar-refractivity contribution in [2.45, 2.75) is 26.2 Å². The van der Waals surface area contributed by atoms with Crippen molar-refractivity contribution < 1.29 is 9.53 Å². The maximum absolute atomic E-state index is 11.2. The SMILES string of the molecule is CCCCOC(=O)CC=Nc1ccc(Br)cc1. The number of halogens is 1. The molecule has 17 heavy (non-hydrogen) atoms. The average molecular weight is 298 g/mol. The fraction of sp³-hybridized carbons (Fsp3) is 0.385. The molecule has 0 fully saturated rings. The number of rotatable bonds is 6. The van der Waals surface area contributed by atoms with E-state index < -0.39 is 0 Å². The Kier molecular flexibility index (Phi) is 6.55. The first-order valence-corrected chi connectivity index (χ1v) is 6.45. The van der Waals surface area contributed by atoms with Gasteiger partial charge in [-0.15, -0.1) is 0 Å². The summed E-state index contributed by atoms with van der Waals surface area (Å²) in [5.74, 6) is -0.223. The van der Waals surface area contributed by atoms with Crippen LogP contribution in [0, 0.1) is 0 Å². The zero-order chi connectivity index (χ0) is 12.5. The highest BCUT2D eigenvalue weighted by Gasteiger charge is 1.98. The van der Waals surface area contributed by atoms with Gasteiger partial charge in [-0.25, -0.2) is 0 Å². The fourth-order valence-electron chi connectivity index (χ4n) is 1.14. The van der Waals surface area contributed by atoms with Crippen LogP contribution in [0.25, 0.3) is 0 Å². The van der Waals surface area contributed by atoms with Gasteiger partial charge in [0.15, 0.2) is 0 Å². The van der Waals surface area contributed by atoms with Crippen molar-refractivity contribution in [3.05, 3.63) is 28.7 Å². The smallest absolute Gasteiger partial charge is 0.311 e. The van der Waals surface area contributed by atoms with Gasteiger partial charge in [-0.1, -0.05) is 29.3 Å². The molecule has 0 saturated carbocycles. The van der Waals surface area contributed by atoms with E-state index in [1.54, 1.807) is 6.21 Å². The number of ether oxygens (including phenoxy) is 1. The summed E-state index contributed by atoms with van der Waals surface area (Å²) >= 11 is 3.35. The summed E-state index contributed by atoms with van der Waals surface area (Å²) < 4.78 is 6.01. The molecule has 1 aromatic rings. The number of unbranched alkanes of at least 4 members (excludes halogenated alkanes) is 1. The van der Waals surface area contributed by atoms with E-state index in [1.807, 2.05) is 24.3 Å². The van der Waals surface area contributed by atoms with Gasteiger partial charge < -0.3 is 4.74 Å². The summed E-state index contributed by atoms with van der Waals surface area (Å²) in [5, 5.41) is 0. The molecular formula is C13H16BrNO2. The first kappa shape index (κ1) is 13.9. The number of carbonyl (C=O) groups is 1. The van der Waals surface area contributed by atoms with Crippen molar-refractivity contribution in [1.82, 2.24) is 0 Å². The van der Waals surface area contributed by atoms with Crippen molar-refractivity contribution in [1.29, 1.82) is 0 Å². The zero-order valence-electron chi connectivity index (χ0n) is 9.86. The van der Waals surface area contributed by atoms with Gasteiger partial charge in [-0.3, -0.25) is 9.79 Å². The van der Waals surface area contributed by atoms with Crippen molar-refractivity contribution in [2.75, 3.05) is 6.61 Å². The van der Waals surface area contributed by atoms with Crippen LogP contribution in [0.5, 0.6) is 0 Å². The molecule has 0 aliphatic rings. The van der Waals surface area contributed by atoms with Gasteiger partial charge in [-0.05, 0) is 30.7 Å². The topological polar surface area (TPSA) is 38.7 Å². The monoisotopic (exact) mass is 297 g/mol. The maximum atomic E-state index is 11.2. The van der Waals surface area contributed by atoms with Crippen molar-refractivity contribution in [2.24, 2.45) is 4.99 Å². The highest BCUT2D eigenvalue weighted by atomic mass is 79.9. The third-order valence-electron chi connectivity index (χ3n) is 2.09. The van der Waals surface area contributed by atoms with Gasteiger partial charge in [0.25, 0.3) is 0 Å². The Hall–Kier alpha value is -1.16. The van der Waals surface area contributed by atoms with E-state index in [-0.39, 0.29) is 12.4 Å². The molecule has 0 bridgehead atoms. The van der Waals surface area contributed by atoms with Crippen LogP contribution >= 0.6 is 15.9 Å². The quantitative estimate of drug-likeness (QED) is 0.454. The summed E-state index contributed by atoms with van der Waals surface area (Å²) in [6.07, 6.45) is 3.74. The number of nitrogens with zero attached hydrogens (tertiary/aromatic N) is 1. The normalized spacial score (nSPS) is 10.7. The maximum Gasteiger partial charge on any atom is 0.311 e. The second kappa shape index (κ2) is 8.01. The molecule has 0 unspecified atom stereocenters. The molecule has 0 heterocycles. The largest absolute Gasteiger partial charge is 0.465 e. The van der Waals surface area contributed by atoms with E-state index in [1.165, 1.54) is 0 Å².